The summed E-state index contributed by atoms with van der Waals surface area (Å²) in [6.45, 7) is 1.44. The summed E-state index contributed by atoms with van der Waals surface area (Å²) in [5.41, 5.74) is 0. The second-order valence-corrected chi connectivity index (χ2v) is 3.23. The average molecular weight is 197 g/mol. The van der Waals surface area contributed by atoms with E-state index in [-0.39, 0.29) is 12.3 Å². The number of carbonyl (C=O) groups is 1. The number of likely N-dealkylation sites (tertiary alicyclic amines) is 1. The molecule has 2 heterocycles. The van der Waals surface area contributed by atoms with Crippen LogP contribution in [0.4, 0.5) is 0 Å². The van der Waals surface area contributed by atoms with Crippen LogP contribution < -0.4 is 0 Å². The molecule has 1 unspecified atom stereocenters. The van der Waals surface area contributed by atoms with Gasteiger partial charge in [-0.25, -0.2) is 0 Å². The van der Waals surface area contributed by atoms with Crippen LogP contribution in [0.2, 0.25) is 0 Å². The number of β-amino-alcohol motifs (C(OH)–C–C–N with tert-alkyl or cyclic N) is 1. The van der Waals surface area contributed by atoms with E-state index >= 15 is 0 Å². The van der Waals surface area contributed by atoms with Crippen LogP contribution in [0, 0.1) is 0 Å². The first-order valence-electron chi connectivity index (χ1n) is 4.42. The van der Waals surface area contributed by atoms with E-state index in [9.17, 15) is 9.90 Å². The number of aliphatic hydroxyl groups is 1. The quantitative estimate of drug-likeness (QED) is 0.622. The smallest absolute Gasteiger partial charge is 0.225 e. The number of aromatic nitrogens is 4. The molecule has 0 aromatic carbocycles. The van der Waals surface area contributed by atoms with Gasteiger partial charge in [0, 0.05) is 13.1 Å². The Morgan fingerprint density at radius 3 is 3.00 bits per heavy atom. The number of hydrogen-bond acceptors (Lipinski definition) is 5. The summed E-state index contributed by atoms with van der Waals surface area (Å²) in [6.07, 6.45) is 1.05. The highest BCUT2D eigenvalue weighted by molar-refractivity contribution is 5.78. The van der Waals surface area contributed by atoms with Gasteiger partial charge in [0.2, 0.25) is 5.91 Å². The van der Waals surface area contributed by atoms with Crippen molar-refractivity contribution in [2.45, 2.75) is 19.1 Å². The zero-order valence-electron chi connectivity index (χ0n) is 7.57. The summed E-state index contributed by atoms with van der Waals surface area (Å²) in [7, 11) is 0. The molecule has 76 valence electrons. The lowest BCUT2D eigenvalue weighted by Gasteiger charge is -2.14. The fraction of sp³-hybridized carbons (Fsp3) is 0.714. The van der Waals surface area contributed by atoms with E-state index in [1.54, 1.807) is 4.90 Å². The summed E-state index contributed by atoms with van der Waals surface area (Å²) in [4.78, 5) is 14.3. The molecule has 1 fully saturated rings. The molecule has 1 aliphatic rings. The minimum atomic E-state index is -0.522. The Morgan fingerprint density at radius 2 is 2.43 bits per heavy atom. The second kappa shape index (κ2) is 3.70. The fourth-order valence-corrected chi connectivity index (χ4v) is 1.47. The van der Waals surface area contributed by atoms with Gasteiger partial charge in [-0.15, -0.1) is 10.2 Å². The number of tetrazole rings is 1. The summed E-state index contributed by atoms with van der Waals surface area (Å²) in [6, 6.07) is 0. The lowest BCUT2D eigenvalue weighted by atomic mass is 10.3. The molecule has 7 heteroatoms. The molecule has 0 aliphatic carbocycles. The number of amides is 1. The Morgan fingerprint density at radius 1 is 1.57 bits per heavy atom. The molecule has 0 spiro atoms. The molecule has 0 radical (unpaired) electrons. The number of rotatable bonds is 3. The topological polar surface area (TPSA) is 84.1 Å². The molecule has 1 aromatic heterocycles. The normalized spacial score (nSPS) is 21.9. The SMILES string of the molecule is O=C1CC(O)CN1CCn1ncnn1. The summed E-state index contributed by atoms with van der Waals surface area (Å²) >= 11 is 0. The van der Waals surface area contributed by atoms with E-state index in [1.807, 2.05) is 0 Å². The third kappa shape index (κ3) is 1.87. The molecule has 14 heavy (non-hydrogen) atoms. The second-order valence-electron chi connectivity index (χ2n) is 3.23. The van der Waals surface area contributed by atoms with E-state index in [4.69, 9.17) is 0 Å². The molecule has 0 bridgehead atoms. The van der Waals surface area contributed by atoms with Crippen LogP contribution in [0.5, 0.6) is 0 Å². The van der Waals surface area contributed by atoms with Gasteiger partial charge in [0.1, 0.15) is 0 Å². The van der Waals surface area contributed by atoms with Gasteiger partial charge < -0.3 is 10.0 Å². The van der Waals surface area contributed by atoms with Crippen molar-refractivity contribution in [2.24, 2.45) is 0 Å². The van der Waals surface area contributed by atoms with Gasteiger partial charge in [0.05, 0.1) is 19.1 Å². The summed E-state index contributed by atoms with van der Waals surface area (Å²) in [5.74, 6) is -0.0161. The largest absolute Gasteiger partial charge is 0.391 e. The van der Waals surface area contributed by atoms with Crippen LogP contribution >= 0.6 is 0 Å². The van der Waals surface area contributed by atoms with Crippen molar-refractivity contribution in [3.63, 3.8) is 0 Å². The van der Waals surface area contributed by atoms with Crippen molar-refractivity contribution in [2.75, 3.05) is 13.1 Å². The standard InChI is InChI=1S/C7H11N5O2/c13-6-3-7(14)11(4-6)1-2-12-9-5-8-10-12/h5-6,13H,1-4H2. The van der Waals surface area contributed by atoms with E-state index in [2.05, 4.69) is 15.4 Å². The molecule has 7 nitrogen and oxygen atoms in total. The Hall–Kier alpha value is -1.50. The van der Waals surface area contributed by atoms with Crippen molar-refractivity contribution in [3.8, 4) is 0 Å². The molecular formula is C7H11N5O2. The van der Waals surface area contributed by atoms with Crippen molar-refractivity contribution in [3.05, 3.63) is 6.33 Å². The predicted octanol–water partition coefficient (Wildman–Crippen LogP) is -1.73. The van der Waals surface area contributed by atoms with Gasteiger partial charge in [-0.3, -0.25) is 4.79 Å². The van der Waals surface area contributed by atoms with Crippen LogP contribution in [0.1, 0.15) is 6.42 Å². The van der Waals surface area contributed by atoms with Crippen LogP contribution in [0.25, 0.3) is 0 Å². The average Bonchev–Trinajstić information content (AvgIpc) is 2.72. The Balaban J connectivity index is 1.84. The lowest BCUT2D eigenvalue weighted by Crippen LogP contribution is -2.30. The van der Waals surface area contributed by atoms with Crippen molar-refractivity contribution < 1.29 is 9.90 Å². The highest BCUT2D eigenvalue weighted by Gasteiger charge is 2.27. The van der Waals surface area contributed by atoms with E-state index in [1.165, 1.54) is 11.1 Å². The van der Waals surface area contributed by atoms with Crippen molar-refractivity contribution in [1.29, 1.82) is 0 Å². The minimum Gasteiger partial charge on any atom is -0.391 e. The van der Waals surface area contributed by atoms with Crippen LogP contribution in [-0.2, 0) is 11.3 Å². The zero-order chi connectivity index (χ0) is 9.97. The zero-order valence-corrected chi connectivity index (χ0v) is 7.57. The molecule has 2 rings (SSSR count). The van der Waals surface area contributed by atoms with Gasteiger partial charge in [-0.2, -0.15) is 4.80 Å². The predicted molar refractivity (Wildman–Crippen MR) is 45.0 cm³/mol. The van der Waals surface area contributed by atoms with Gasteiger partial charge >= 0.3 is 0 Å². The maximum absolute atomic E-state index is 11.2. The first-order chi connectivity index (χ1) is 6.75. The molecule has 1 aliphatic heterocycles. The van der Waals surface area contributed by atoms with Gasteiger partial charge in [0.25, 0.3) is 0 Å². The van der Waals surface area contributed by atoms with Crippen LogP contribution in [0.3, 0.4) is 0 Å². The Kier molecular flexibility index (Phi) is 2.40. The van der Waals surface area contributed by atoms with Crippen LogP contribution in [0.15, 0.2) is 6.33 Å². The molecular weight excluding hydrogens is 186 g/mol. The molecule has 1 amide bonds. The number of aliphatic hydroxyl groups excluding tert-OH is 1. The van der Waals surface area contributed by atoms with E-state index in [0.29, 0.717) is 19.6 Å². The van der Waals surface area contributed by atoms with Gasteiger partial charge in [-0.05, 0) is 5.21 Å². The lowest BCUT2D eigenvalue weighted by molar-refractivity contribution is -0.127. The van der Waals surface area contributed by atoms with Crippen LogP contribution in [-0.4, -0.2) is 55.3 Å². The highest BCUT2D eigenvalue weighted by atomic mass is 16.3. The third-order valence-corrected chi connectivity index (χ3v) is 2.16. The molecule has 1 atom stereocenters. The maximum Gasteiger partial charge on any atom is 0.225 e. The first-order valence-corrected chi connectivity index (χ1v) is 4.42. The molecule has 0 saturated carbocycles. The minimum absolute atomic E-state index is 0.0161. The Labute approximate surface area is 80.3 Å². The highest BCUT2D eigenvalue weighted by Crippen LogP contribution is 2.09. The summed E-state index contributed by atoms with van der Waals surface area (Å²) in [5, 5.41) is 20.3. The monoisotopic (exact) mass is 197 g/mol. The molecule has 1 saturated heterocycles. The third-order valence-electron chi connectivity index (χ3n) is 2.16. The van der Waals surface area contributed by atoms with Gasteiger partial charge in [-0.1, -0.05) is 0 Å². The molecule has 1 aromatic rings. The number of carbonyl (C=O) groups excluding carboxylic acids is 1. The van der Waals surface area contributed by atoms with E-state index < -0.39 is 6.10 Å². The molecule has 1 N–H and O–H groups in total. The van der Waals surface area contributed by atoms with E-state index in [0.717, 1.165) is 0 Å². The van der Waals surface area contributed by atoms with Crippen molar-refractivity contribution >= 4 is 5.91 Å². The number of nitrogens with zero attached hydrogens (tertiary/aromatic N) is 5. The summed E-state index contributed by atoms with van der Waals surface area (Å²) < 4.78 is 0. The fourth-order valence-electron chi connectivity index (χ4n) is 1.47. The Bertz CT molecular complexity index is 312. The maximum atomic E-state index is 11.2. The first kappa shape index (κ1) is 9.07. The van der Waals surface area contributed by atoms with Gasteiger partial charge in [0.15, 0.2) is 6.33 Å². The van der Waals surface area contributed by atoms with Crippen molar-refractivity contribution in [1.82, 2.24) is 25.1 Å². The number of hydrogen-bond donors (Lipinski definition) is 1.